The van der Waals surface area contributed by atoms with Gasteiger partial charge in [0.2, 0.25) is 0 Å². The first-order chi connectivity index (χ1) is 7.61. The zero-order valence-electron chi connectivity index (χ0n) is 9.49. The molecule has 0 heterocycles. The largest absolute Gasteiger partial charge is 0.476 e. The molecule has 0 saturated carbocycles. The third-order valence-electron chi connectivity index (χ3n) is 1.15. The highest BCUT2D eigenvalue weighted by Crippen LogP contribution is 2.07. The van der Waals surface area contributed by atoms with E-state index in [0.29, 0.717) is 0 Å². The molecule has 0 aliphatic rings. The topological polar surface area (TPSA) is 84.9 Å². The van der Waals surface area contributed by atoms with E-state index in [1.54, 1.807) is 26.1 Å². The third-order valence-corrected chi connectivity index (χ3v) is 1.15. The van der Waals surface area contributed by atoms with Crippen molar-refractivity contribution in [2.45, 2.75) is 33.0 Å². The maximum absolute atomic E-state index is 11.7. The molecule has 0 aromatic rings. The number of carbonyl (C=O) groups excluding carboxylic acids is 1. The predicted octanol–water partition coefficient (Wildman–Crippen LogP) is 1.68. The van der Waals surface area contributed by atoms with E-state index in [4.69, 9.17) is 9.84 Å². The van der Waals surface area contributed by atoms with Crippen molar-refractivity contribution in [3.05, 3.63) is 12.0 Å². The molecule has 0 atom stereocenters. The summed E-state index contributed by atoms with van der Waals surface area (Å²) in [7, 11) is 0. The van der Waals surface area contributed by atoms with Crippen LogP contribution in [0.3, 0.4) is 0 Å². The molecule has 0 aromatic carbocycles. The number of nitrogens with one attached hydrogen (secondary N) is 1. The van der Waals surface area contributed by atoms with Crippen LogP contribution in [0.25, 0.3) is 0 Å². The number of alkyl carbamates (subject to hydrolysis) is 1. The van der Waals surface area contributed by atoms with Gasteiger partial charge in [0.05, 0.1) is 0 Å². The van der Waals surface area contributed by atoms with Gasteiger partial charge in [0.15, 0.2) is 5.70 Å². The molecule has 2 N–H and O–H groups in total. The van der Waals surface area contributed by atoms with E-state index in [2.05, 4.69) is 4.74 Å². The van der Waals surface area contributed by atoms with E-state index in [-0.39, 0.29) is 6.26 Å². The fourth-order valence-corrected chi connectivity index (χ4v) is 0.666. The molecule has 6 nitrogen and oxygen atoms in total. The summed E-state index contributed by atoms with van der Waals surface area (Å²) in [5, 5.41) is 10.3. The number of amides is 1. The summed E-state index contributed by atoms with van der Waals surface area (Å²) >= 11 is 0. The molecular formula is C9H13F2NO5. The number of alkyl halides is 2. The van der Waals surface area contributed by atoms with Crippen LogP contribution in [0.5, 0.6) is 0 Å². The molecule has 0 spiro atoms. The smallest absolute Gasteiger partial charge is 0.412 e. The fraction of sp³-hybridized carbons (Fsp3) is 0.556. The van der Waals surface area contributed by atoms with Crippen LogP contribution in [0.15, 0.2) is 12.0 Å². The summed E-state index contributed by atoms with van der Waals surface area (Å²) in [6.45, 7) is 1.51. The SMILES string of the molecule is CC(C)(C)OC(=O)N/C(=C/OC(F)F)C(=O)O. The van der Waals surface area contributed by atoms with Gasteiger partial charge in [-0.05, 0) is 20.8 Å². The quantitative estimate of drug-likeness (QED) is 0.588. The van der Waals surface area contributed by atoms with Gasteiger partial charge in [0, 0.05) is 0 Å². The number of carboxylic acid groups (broad SMARTS) is 1. The Balaban J connectivity index is 4.51. The minimum Gasteiger partial charge on any atom is -0.476 e. The first kappa shape index (κ1) is 15.1. The van der Waals surface area contributed by atoms with Crippen LogP contribution in [-0.4, -0.2) is 29.4 Å². The average Bonchev–Trinajstić information content (AvgIpc) is 2.08. The maximum atomic E-state index is 11.7. The molecule has 0 bridgehead atoms. The number of rotatable bonds is 4. The molecule has 0 saturated heterocycles. The molecular weight excluding hydrogens is 240 g/mol. The summed E-state index contributed by atoms with van der Waals surface area (Å²) in [5.41, 5.74) is -1.68. The number of carboxylic acids is 1. The van der Waals surface area contributed by atoms with E-state index < -0.39 is 30.0 Å². The molecule has 0 unspecified atom stereocenters. The lowest BCUT2D eigenvalue weighted by atomic mass is 10.2. The molecule has 0 radical (unpaired) electrons. The minimum atomic E-state index is -3.18. The summed E-state index contributed by atoms with van der Waals surface area (Å²) in [6.07, 6.45) is -0.847. The zero-order valence-corrected chi connectivity index (χ0v) is 9.49. The Bertz CT molecular complexity index is 322. The van der Waals surface area contributed by atoms with Crippen molar-refractivity contribution in [2.75, 3.05) is 0 Å². The zero-order chi connectivity index (χ0) is 13.6. The molecule has 0 aromatic heterocycles. The van der Waals surface area contributed by atoms with Crippen LogP contribution in [-0.2, 0) is 14.3 Å². The molecule has 8 heteroatoms. The Hall–Kier alpha value is -1.86. The summed E-state index contributed by atoms with van der Waals surface area (Å²) < 4.78 is 31.7. The highest BCUT2D eigenvalue weighted by atomic mass is 19.3. The van der Waals surface area contributed by atoms with Gasteiger partial charge >= 0.3 is 18.7 Å². The monoisotopic (exact) mass is 253 g/mol. The van der Waals surface area contributed by atoms with Crippen LogP contribution in [0.1, 0.15) is 20.8 Å². The molecule has 17 heavy (non-hydrogen) atoms. The van der Waals surface area contributed by atoms with Gasteiger partial charge in [0.25, 0.3) is 0 Å². The Labute approximate surface area is 96.2 Å². The predicted molar refractivity (Wildman–Crippen MR) is 52.2 cm³/mol. The second-order valence-electron chi connectivity index (χ2n) is 3.86. The average molecular weight is 253 g/mol. The number of halogens is 2. The minimum absolute atomic E-state index is 0.233. The fourth-order valence-electron chi connectivity index (χ4n) is 0.666. The third kappa shape index (κ3) is 8.00. The maximum Gasteiger partial charge on any atom is 0.412 e. The molecule has 0 aliphatic carbocycles. The Morgan fingerprint density at radius 3 is 2.24 bits per heavy atom. The van der Waals surface area contributed by atoms with Gasteiger partial charge in [-0.3, -0.25) is 5.32 Å². The van der Waals surface area contributed by atoms with Crippen LogP contribution in [0.4, 0.5) is 13.6 Å². The van der Waals surface area contributed by atoms with E-state index in [9.17, 15) is 18.4 Å². The summed E-state index contributed by atoms with van der Waals surface area (Å²) in [6, 6.07) is 0. The Morgan fingerprint density at radius 1 is 1.35 bits per heavy atom. The van der Waals surface area contributed by atoms with Gasteiger partial charge in [-0.15, -0.1) is 0 Å². The van der Waals surface area contributed by atoms with Crippen LogP contribution in [0, 0.1) is 0 Å². The second kappa shape index (κ2) is 6.02. The Morgan fingerprint density at radius 2 is 1.88 bits per heavy atom. The number of ether oxygens (including phenoxy) is 2. The van der Waals surface area contributed by atoms with E-state index in [1.807, 2.05) is 0 Å². The lowest BCUT2D eigenvalue weighted by Gasteiger charge is -2.19. The van der Waals surface area contributed by atoms with Crippen LogP contribution < -0.4 is 5.32 Å². The van der Waals surface area contributed by atoms with Crippen molar-refractivity contribution < 1.29 is 33.0 Å². The molecule has 98 valence electrons. The van der Waals surface area contributed by atoms with Gasteiger partial charge in [-0.1, -0.05) is 0 Å². The molecule has 1 amide bonds. The van der Waals surface area contributed by atoms with Crippen LogP contribution >= 0.6 is 0 Å². The van der Waals surface area contributed by atoms with Crippen molar-refractivity contribution in [3.8, 4) is 0 Å². The molecule has 0 fully saturated rings. The molecule has 0 rings (SSSR count). The number of aliphatic carboxylic acids is 1. The highest BCUT2D eigenvalue weighted by Gasteiger charge is 2.19. The van der Waals surface area contributed by atoms with Crippen molar-refractivity contribution in [3.63, 3.8) is 0 Å². The second-order valence-corrected chi connectivity index (χ2v) is 3.86. The van der Waals surface area contributed by atoms with Gasteiger partial charge in [-0.25, -0.2) is 9.59 Å². The van der Waals surface area contributed by atoms with Crippen molar-refractivity contribution in [1.29, 1.82) is 0 Å². The standard InChI is InChI=1S/C9H13F2NO5/c1-9(2,3)17-8(15)12-5(6(13)14)4-16-7(10)11/h4,7H,1-3H3,(H,12,15)(H,13,14)/b5-4+. The highest BCUT2D eigenvalue weighted by molar-refractivity contribution is 5.90. The lowest BCUT2D eigenvalue weighted by molar-refractivity contribution is -0.133. The van der Waals surface area contributed by atoms with E-state index in [0.717, 1.165) is 0 Å². The van der Waals surface area contributed by atoms with Crippen molar-refractivity contribution in [1.82, 2.24) is 5.32 Å². The lowest BCUT2D eigenvalue weighted by Crippen LogP contribution is -2.34. The van der Waals surface area contributed by atoms with Crippen molar-refractivity contribution >= 4 is 12.1 Å². The normalized spacial score (nSPS) is 12.2. The summed E-state index contributed by atoms with van der Waals surface area (Å²) in [5.74, 6) is -1.63. The van der Waals surface area contributed by atoms with E-state index in [1.165, 1.54) is 0 Å². The number of carbonyl (C=O) groups is 2. The Kier molecular flexibility index (Phi) is 5.36. The van der Waals surface area contributed by atoms with E-state index >= 15 is 0 Å². The van der Waals surface area contributed by atoms with Gasteiger partial charge in [0.1, 0.15) is 11.9 Å². The van der Waals surface area contributed by atoms with Crippen molar-refractivity contribution in [2.24, 2.45) is 0 Å². The summed E-state index contributed by atoms with van der Waals surface area (Å²) in [4.78, 5) is 21.7. The van der Waals surface area contributed by atoms with Crippen LogP contribution in [0.2, 0.25) is 0 Å². The number of hydrogen-bond donors (Lipinski definition) is 2. The number of hydrogen-bond acceptors (Lipinski definition) is 4. The first-order valence-electron chi connectivity index (χ1n) is 4.49. The first-order valence-corrected chi connectivity index (χ1v) is 4.49. The van der Waals surface area contributed by atoms with Gasteiger partial charge in [-0.2, -0.15) is 8.78 Å². The molecule has 0 aliphatic heterocycles. The van der Waals surface area contributed by atoms with Gasteiger partial charge < -0.3 is 14.6 Å².